The lowest BCUT2D eigenvalue weighted by atomic mass is 10.2. The molecule has 0 saturated carbocycles. The van der Waals surface area contributed by atoms with E-state index in [1.165, 1.54) is 0 Å². The molecule has 0 amide bonds. The molecule has 0 aliphatic carbocycles. The molecule has 7 nitrogen and oxygen atoms in total. The van der Waals surface area contributed by atoms with Gasteiger partial charge in [-0.3, -0.25) is 4.99 Å². The first-order valence-electron chi connectivity index (χ1n) is 9.20. The zero-order valence-electron chi connectivity index (χ0n) is 15.6. The largest absolute Gasteiger partial charge is 0.467 e. The van der Waals surface area contributed by atoms with E-state index in [-0.39, 0.29) is 30.1 Å². The molecule has 1 aliphatic rings. The van der Waals surface area contributed by atoms with E-state index in [0.29, 0.717) is 33.0 Å². The van der Waals surface area contributed by atoms with Gasteiger partial charge in [0.25, 0.3) is 0 Å². The van der Waals surface area contributed by atoms with E-state index in [0.717, 1.165) is 50.7 Å². The van der Waals surface area contributed by atoms with Crippen LogP contribution in [0.3, 0.4) is 0 Å². The predicted molar refractivity (Wildman–Crippen MR) is 112 cm³/mol. The molecule has 1 aromatic rings. The molecule has 0 aromatic carbocycles. The molecule has 150 valence electrons. The summed E-state index contributed by atoms with van der Waals surface area (Å²) in [6.07, 6.45) is 5.06. The summed E-state index contributed by atoms with van der Waals surface area (Å²) >= 11 is 0. The van der Waals surface area contributed by atoms with Crippen molar-refractivity contribution >= 4 is 29.9 Å². The average Bonchev–Trinajstić information content (AvgIpc) is 3.31. The van der Waals surface area contributed by atoms with Crippen LogP contribution in [0.5, 0.6) is 0 Å². The molecule has 1 unspecified atom stereocenters. The van der Waals surface area contributed by atoms with E-state index in [1.807, 2.05) is 12.1 Å². The Morgan fingerprint density at radius 3 is 2.96 bits per heavy atom. The molecule has 8 heteroatoms. The van der Waals surface area contributed by atoms with Gasteiger partial charge in [-0.1, -0.05) is 0 Å². The Kier molecular flexibility index (Phi) is 13.6. The number of ether oxygens (including phenoxy) is 3. The van der Waals surface area contributed by atoms with Gasteiger partial charge in [-0.15, -0.1) is 24.0 Å². The fraction of sp³-hybridized carbons (Fsp3) is 0.722. The predicted octanol–water partition coefficient (Wildman–Crippen LogP) is 2.56. The third-order valence-corrected chi connectivity index (χ3v) is 3.75. The van der Waals surface area contributed by atoms with Crippen molar-refractivity contribution in [2.75, 3.05) is 46.1 Å². The van der Waals surface area contributed by atoms with Gasteiger partial charge in [0.05, 0.1) is 25.6 Å². The van der Waals surface area contributed by atoms with Crippen LogP contribution < -0.4 is 10.6 Å². The molecule has 1 saturated heterocycles. The number of hydrogen-bond acceptors (Lipinski definition) is 5. The van der Waals surface area contributed by atoms with Crippen LogP contribution in [0.2, 0.25) is 0 Å². The molecular formula is C18H32IN3O4. The van der Waals surface area contributed by atoms with E-state index >= 15 is 0 Å². The van der Waals surface area contributed by atoms with Crippen LogP contribution in [0, 0.1) is 0 Å². The summed E-state index contributed by atoms with van der Waals surface area (Å²) in [5.74, 6) is 1.66. The Bertz CT molecular complexity index is 465. The molecular weight excluding hydrogens is 449 g/mol. The molecule has 0 spiro atoms. The van der Waals surface area contributed by atoms with E-state index in [2.05, 4.69) is 22.5 Å². The minimum Gasteiger partial charge on any atom is -0.467 e. The number of guanidine groups is 1. The molecule has 1 aromatic heterocycles. The number of aliphatic imine (C=N–C) groups is 1. The zero-order valence-corrected chi connectivity index (χ0v) is 17.9. The Balaban J connectivity index is 0.00000338. The van der Waals surface area contributed by atoms with Crippen LogP contribution in [0.15, 0.2) is 27.8 Å². The topological polar surface area (TPSA) is 77.3 Å². The summed E-state index contributed by atoms with van der Waals surface area (Å²) in [6, 6.07) is 3.77. The van der Waals surface area contributed by atoms with Crippen molar-refractivity contribution in [3.8, 4) is 0 Å². The Labute approximate surface area is 173 Å². The number of nitrogens with one attached hydrogen (secondary N) is 2. The van der Waals surface area contributed by atoms with Gasteiger partial charge in [-0.2, -0.15) is 0 Å². The summed E-state index contributed by atoms with van der Waals surface area (Å²) in [5.41, 5.74) is 0. The highest BCUT2D eigenvalue weighted by Gasteiger charge is 2.14. The van der Waals surface area contributed by atoms with E-state index in [4.69, 9.17) is 18.6 Å². The summed E-state index contributed by atoms with van der Waals surface area (Å²) in [6.45, 7) is 7.70. The van der Waals surface area contributed by atoms with Crippen LogP contribution in [0.25, 0.3) is 0 Å². The van der Waals surface area contributed by atoms with Crippen molar-refractivity contribution in [3.63, 3.8) is 0 Å². The maximum absolute atomic E-state index is 5.64. The quantitative estimate of drug-likeness (QED) is 0.207. The Hall–Kier alpha value is -0.840. The molecule has 1 aliphatic heterocycles. The third-order valence-electron chi connectivity index (χ3n) is 3.75. The molecule has 2 heterocycles. The molecule has 0 radical (unpaired) electrons. The second kappa shape index (κ2) is 15.2. The molecule has 2 N–H and O–H groups in total. The fourth-order valence-corrected chi connectivity index (χ4v) is 2.50. The average molecular weight is 481 g/mol. The molecule has 1 fully saturated rings. The normalized spacial score (nSPS) is 17.1. The lowest BCUT2D eigenvalue weighted by Gasteiger charge is -2.13. The summed E-state index contributed by atoms with van der Waals surface area (Å²) in [4.78, 5) is 4.53. The van der Waals surface area contributed by atoms with E-state index < -0.39 is 0 Å². The minimum absolute atomic E-state index is 0. The van der Waals surface area contributed by atoms with Gasteiger partial charge in [-0.25, -0.2) is 0 Å². The SMILES string of the molecule is CCNC(=NCCCOCc1ccco1)NCCOCC1CCCO1.I. The fourth-order valence-electron chi connectivity index (χ4n) is 2.50. The van der Waals surface area contributed by atoms with Gasteiger partial charge < -0.3 is 29.3 Å². The molecule has 0 bridgehead atoms. The minimum atomic E-state index is 0. The van der Waals surface area contributed by atoms with Gasteiger partial charge in [0.2, 0.25) is 0 Å². The van der Waals surface area contributed by atoms with Crippen molar-refractivity contribution in [1.29, 1.82) is 0 Å². The van der Waals surface area contributed by atoms with Gasteiger partial charge in [0.15, 0.2) is 5.96 Å². The molecule has 2 rings (SSSR count). The van der Waals surface area contributed by atoms with Crippen molar-refractivity contribution in [2.45, 2.75) is 38.9 Å². The highest BCUT2D eigenvalue weighted by Crippen LogP contribution is 2.11. The monoisotopic (exact) mass is 481 g/mol. The Morgan fingerprint density at radius 2 is 2.23 bits per heavy atom. The number of furan rings is 1. The number of hydrogen-bond donors (Lipinski definition) is 2. The van der Waals surface area contributed by atoms with E-state index in [1.54, 1.807) is 6.26 Å². The highest BCUT2D eigenvalue weighted by atomic mass is 127. The number of halogens is 1. The lowest BCUT2D eigenvalue weighted by molar-refractivity contribution is 0.0191. The summed E-state index contributed by atoms with van der Waals surface area (Å²) in [7, 11) is 0. The van der Waals surface area contributed by atoms with Crippen LogP contribution in [-0.2, 0) is 20.8 Å². The van der Waals surface area contributed by atoms with Crippen LogP contribution >= 0.6 is 24.0 Å². The third kappa shape index (κ3) is 10.3. The standard InChI is InChI=1S/C18H31N3O4.HI/c1-2-19-18(21-9-13-23-15-17-7-4-12-25-17)20-8-5-10-22-14-16-6-3-11-24-16;/h3,6,11,17H,2,4-5,7-10,12-15H2,1H3,(H2,19,20,21);1H. The lowest BCUT2D eigenvalue weighted by Crippen LogP contribution is -2.39. The van der Waals surface area contributed by atoms with Crippen molar-refractivity contribution in [3.05, 3.63) is 24.2 Å². The second-order valence-electron chi connectivity index (χ2n) is 5.88. The van der Waals surface area contributed by atoms with Gasteiger partial charge in [-0.05, 0) is 38.3 Å². The first-order valence-corrected chi connectivity index (χ1v) is 9.20. The van der Waals surface area contributed by atoms with Crippen molar-refractivity contribution < 1.29 is 18.6 Å². The van der Waals surface area contributed by atoms with Crippen LogP contribution in [0.1, 0.15) is 31.9 Å². The van der Waals surface area contributed by atoms with Crippen LogP contribution in [0.4, 0.5) is 0 Å². The Morgan fingerprint density at radius 1 is 1.31 bits per heavy atom. The van der Waals surface area contributed by atoms with Gasteiger partial charge >= 0.3 is 0 Å². The first kappa shape index (κ1) is 23.2. The van der Waals surface area contributed by atoms with Crippen molar-refractivity contribution in [2.24, 2.45) is 4.99 Å². The first-order chi connectivity index (χ1) is 12.4. The smallest absolute Gasteiger partial charge is 0.191 e. The van der Waals surface area contributed by atoms with E-state index in [9.17, 15) is 0 Å². The second-order valence-corrected chi connectivity index (χ2v) is 5.88. The molecule has 26 heavy (non-hydrogen) atoms. The zero-order chi connectivity index (χ0) is 17.6. The van der Waals surface area contributed by atoms with Crippen molar-refractivity contribution in [1.82, 2.24) is 10.6 Å². The highest BCUT2D eigenvalue weighted by molar-refractivity contribution is 14.0. The maximum Gasteiger partial charge on any atom is 0.191 e. The van der Waals surface area contributed by atoms with Gasteiger partial charge in [0, 0.05) is 32.8 Å². The van der Waals surface area contributed by atoms with Crippen LogP contribution in [-0.4, -0.2) is 58.1 Å². The summed E-state index contributed by atoms with van der Waals surface area (Å²) in [5, 5.41) is 6.51. The maximum atomic E-state index is 5.64. The summed E-state index contributed by atoms with van der Waals surface area (Å²) < 4.78 is 21.9. The molecule has 1 atom stereocenters. The van der Waals surface area contributed by atoms with Gasteiger partial charge in [0.1, 0.15) is 12.4 Å². The number of rotatable bonds is 12. The number of nitrogens with zero attached hydrogens (tertiary/aromatic N) is 1.